The molecule has 1 unspecified atom stereocenters. The maximum atomic E-state index is 12.4. The fourth-order valence-electron chi connectivity index (χ4n) is 4.25. The molecule has 2 aromatic rings. The van der Waals surface area contributed by atoms with Gasteiger partial charge in [0.05, 0.1) is 13.2 Å². The number of pyridine rings is 1. The Morgan fingerprint density at radius 1 is 1.11 bits per heavy atom. The summed E-state index contributed by atoms with van der Waals surface area (Å²) in [7, 11) is 0. The molecule has 0 bridgehead atoms. The molecule has 142 valence electrons. The molecule has 2 aliphatic rings. The highest BCUT2D eigenvalue weighted by molar-refractivity contribution is 5.68. The van der Waals surface area contributed by atoms with Gasteiger partial charge in [-0.05, 0) is 48.4 Å². The fraction of sp³-hybridized carbons (Fsp3) is 0.435. The molecule has 1 saturated heterocycles. The van der Waals surface area contributed by atoms with Crippen LogP contribution in [0.5, 0.6) is 0 Å². The summed E-state index contributed by atoms with van der Waals surface area (Å²) in [4.78, 5) is 18.0. The number of hydrogen-bond donors (Lipinski definition) is 1. The molecule has 1 fully saturated rings. The zero-order chi connectivity index (χ0) is 18.5. The van der Waals surface area contributed by atoms with E-state index in [2.05, 4.69) is 52.4 Å². The van der Waals surface area contributed by atoms with Crippen LogP contribution in [0.4, 0.5) is 5.82 Å². The standard InChI is InChI=1S/C23H28N2O2/c26-23-17-20(19-10-13-27-14-11-19)16-22(24-23)25-12-6-2-5-9-21(25)15-18-7-3-1-4-8-18/h1,3-4,7-8,10,16-17,21H,2,5-6,9,11-15H2,(H,24,26). The molecule has 0 amide bonds. The van der Waals surface area contributed by atoms with E-state index < -0.39 is 0 Å². The number of anilines is 1. The number of aromatic nitrogens is 1. The average molecular weight is 364 g/mol. The molecule has 4 heteroatoms. The number of ether oxygens (including phenoxy) is 1. The van der Waals surface area contributed by atoms with Crippen LogP contribution in [0.3, 0.4) is 0 Å². The minimum atomic E-state index is -0.0161. The first-order valence-electron chi connectivity index (χ1n) is 10.1. The normalized spacial score (nSPS) is 20.8. The van der Waals surface area contributed by atoms with Crippen LogP contribution in [0.25, 0.3) is 5.57 Å². The topological polar surface area (TPSA) is 45.3 Å². The molecule has 0 spiro atoms. The molecule has 1 aromatic heterocycles. The van der Waals surface area contributed by atoms with E-state index in [-0.39, 0.29) is 5.56 Å². The van der Waals surface area contributed by atoms with E-state index in [0.717, 1.165) is 43.8 Å². The molecule has 4 rings (SSSR count). The molecule has 0 saturated carbocycles. The number of aromatic amines is 1. The monoisotopic (exact) mass is 364 g/mol. The summed E-state index contributed by atoms with van der Waals surface area (Å²) in [5.41, 5.74) is 3.61. The van der Waals surface area contributed by atoms with E-state index in [1.807, 2.05) is 0 Å². The number of benzene rings is 1. The van der Waals surface area contributed by atoms with E-state index in [0.29, 0.717) is 12.6 Å². The van der Waals surface area contributed by atoms with Gasteiger partial charge in [0.1, 0.15) is 5.82 Å². The Morgan fingerprint density at radius 3 is 2.81 bits per heavy atom. The minimum absolute atomic E-state index is 0.0161. The smallest absolute Gasteiger partial charge is 0.250 e. The van der Waals surface area contributed by atoms with Gasteiger partial charge in [-0.2, -0.15) is 0 Å². The number of hydrogen-bond acceptors (Lipinski definition) is 3. The van der Waals surface area contributed by atoms with Crippen molar-refractivity contribution in [3.63, 3.8) is 0 Å². The predicted molar refractivity (Wildman–Crippen MR) is 110 cm³/mol. The van der Waals surface area contributed by atoms with E-state index in [1.54, 1.807) is 6.07 Å². The van der Waals surface area contributed by atoms with Gasteiger partial charge in [-0.15, -0.1) is 0 Å². The van der Waals surface area contributed by atoms with Crippen LogP contribution < -0.4 is 10.5 Å². The lowest BCUT2D eigenvalue weighted by atomic mass is 9.99. The second-order valence-electron chi connectivity index (χ2n) is 7.56. The molecule has 4 nitrogen and oxygen atoms in total. The van der Waals surface area contributed by atoms with Crippen LogP contribution in [-0.2, 0) is 11.2 Å². The Labute approximate surface area is 160 Å². The Morgan fingerprint density at radius 2 is 2.00 bits per heavy atom. The van der Waals surface area contributed by atoms with Crippen molar-refractivity contribution >= 4 is 11.4 Å². The molecule has 0 radical (unpaired) electrons. The SMILES string of the molecule is O=c1cc(C2=CCOCC2)cc(N2CCCCCC2Cc2ccccc2)[nH]1. The third kappa shape index (κ3) is 4.51. The van der Waals surface area contributed by atoms with Crippen molar-refractivity contribution in [3.8, 4) is 0 Å². The van der Waals surface area contributed by atoms with Crippen molar-refractivity contribution in [2.45, 2.75) is 44.6 Å². The minimum Gasteiger partial charge on any atom is -0.377 e. The Bertz CT molecular complexity index is 841. The van der Waals surface area contributed by atoms with Crippen molar-refractivity contribution in [1.82, 2.24) is 4.98 Å². The fourth-order valence-corrected chi connectivity index (χ4v) is 4.25. The largest absolute Gasteiger partial charge is 0.377 e. The lowest BCUT2D eigenvalue weighted by molar-refractivity contribution is 0.161. The Hall–Kier alpha value is -2.33. The van der Waals surface area contributed by atoms with Gasteiger partial charge >= 0.3 is 0 Å². The molecular weight excluding hydrogens is 336 g/mol. The second kappa shape index (κ2) is 8.57. The third-order valence-corrected chi connectivity index (χ3v) is 5.66. The van der Waals surface area contributed by atoms with Gasteiger partial charge in [0.15, 0.2) is 0 Å². The summed E-state index contributed by atoms with van der Waals surface area (Å²) in [5, 5.41) is 0. The average Bonchev–Trinajstić information content (AvgIpc) is 2.94. The van der Waals surface area contributed by atoms with Crippen molar-refractivity contribution in [2.75, 3.05) is 24.7 Å². The zero-order valence-corrected chi connectivity index (χ0v) is 15.8. The summed E-state index contributed by atoms with van der Waals surface area (Å²) in [6, 6.07) is 15.0. The lowest BCUT2D eigenvalue weighted by Crippen LogP contribution is -2.38. The summed E-state index contributed by atoms with van der Waals surface area (Å²) < 4.78 is 5.43. The number of nitrogens with one attached hydrogen (secondary N) is 1. The Kier molecular flexibility index (Phi) is 5.73. The first kappa shape index (κ1) is 18.1. The van der Waals surface area contributed by atoms with Gasteiger partial charge < -0.3 is 14.6 Å². The Balaban J connectivity index is 1.65. The van der Waals surface area contributed by atoms with Gasteiger partial charge in [-0.3, -0.25) is 4.79 Å². The van der Waals surface area contributed by atoms with Crippen molar-refractivity contribution in [1.29, 1.82) is 0 Å². The van der Waals surface area contributed by atoms with Gasteiger partial charge in [0, 0.05) is 18.7 Å². The van der Waals surface area contributed by atoms with Gasteiger partial charge in [-0.25, -0.2) is 0 Å². The van der Waals surface area contributed by atoms with Gasteiger partial charge in [-0.1, -0.05) is 49.2 Å². The maximum absolute atomic E-state index is 12.4. The summed E-state index contributed by atoms with van der Waals surface area (Å²) in [6.45, 7) is 2.37. The quantitative estimate of drug-likeness (QED) is 0.886. The van der Waals surface area contributed by atoms with Crippen molar-refractivity contribution < 1.29 is 4.74 Å². The molecule has 1 aromatic carbocycles. The highest BCUT2D eigenvalue weighted by Gasteiger charge is 2.23. The van der Waals surface area contributed by atoms with E-state index in [4.69, 9.17) is 4.74 Å². The first-order chi connectivity index (χ1) is 13.3. The summed E-state index contributed by atoms with van der Waals surface area (Å²) >= 11 is 0. The lowest BCUT2D eigenvalue weighted by Gasteiger charge is -2.32. The van der Waals surface area contributed by atoms with E-state index in [1.165, 1.54) is 30.4 Å². The highest BCUT2D eigenvalue weighted by atomic mass is 16.5. The van der Waals surface area contributed by atoms with Crippen LogP contribution in [0.15, 0.2) is 53.3 Å². The molecule has 0 aliphatic carbocycles. The van der Waals surface area contributed by atoms with Crippen LogP contribution in [-0.4, -0.2) is 30.8 Å². The van der Waals surface area contributed by atoms with Crippen LogP contribution in [0.1, 0.15) is 43.2 Å². The number of nitrogens with zero attached hydrogens (tertiary/aromatic N) is 1. The predicted octanol–water partition coefficient (Wildman–Crippen LogP) is 4.17. The van der Waals surface area contributed by atoms with Crippen molar-refractivity contribution in [3.05, 3.63) is 70.0 Å². The van der Waals surface area contributed by atoms with Gasteiger partial charge in [0.25, 0.3) is 0 Å². The molecule has 1 atom stereocenters. The number of rotatable bonds is 4. The molecule has 3 heterocycles. The molecule has 2 aliphatic heterocycles. The second-order valence-corrected chi connectivity index (χ2v) is 7.56. The third-order valence-electron chi connectivity index (χ3n) is 5.66. The summed E-state index contributed by atoms with van der Waals surface area (Å²) in [5.74, 6) is 0.965. The first-order valence-corrected chi connectivity index (χ1v) is 10.1. The van der Waals surface area contributed by atoms with Crippen molar-refractivity contribution in [2.24, 2.45) is 0 Å². The maximum Gasteiger partial charge on any atom is 0.250 e. The number of H-pyrrole nitrogens is 1. The molecule has 27 heavy (non-hydrogen) atoms. The molecule has 1 N–H and O–H groups in total. The van der Waals surface area contributed by atoms with Crippen LogP contribution in [0.2, 0.25) is 0 Å². The highest BCUT2D eigenvalue weighted by Crippen LogP contribution is 2.28. The zero-order valence-electron chi connectivity index (χ0n) is 15.8. The van der Waals surface area contributed by atoms with Crippen LogP contribution in [0, 0.1) is 0 Å². The van der Waals surface area contributed by atoms with Gasteiger partial charge in [0.2, 0.25) is 5.56 Å². The van der Waals surface area contributed by atoms with Crippen LogP contribution >= 0.6 is 0 Å². The summed E-state index contributed by atoms with van der Waals surface area (Å²) in [6.07, 6.45) is 8.84. The van der Waals surface area contributed by atoms with E-state index in [9.17, 15) is 4.79 Å². The van der Waals surface area contributed by atoms with E-state index >= 15 is 0 Å². The molecular formula is C23H28N2O2.